The molecular formula is C26H23FN2O2. The van der Waals surface area contributed by atoms with E-state index in [1.54, 1.807) is 6.07 Å². The van der Waals surface area contributed by atoms with E-state index in [1.165, 1.54) is 29.2 Å². The lowest BCUT2D eigenvalue weighted by atomic mass is 9.99. The minimum Gasteiger partial charge on any atom is -0.350 e. The Morgan fingerprint density at radius 3 is 1.94 bits per heavy atom. The number of carbonyl (C=O) groups is 2. The van der Waals surface area contributed by atoms with Crippen molar-refractivity contribution in [2.45, 2.75) is 27.7 Å². The van der Waals surface area contributed by atoms with Crippen LogP contribution in [0.4, 0.5) is 15.8 Å². The van der Waals surface area contributed by atoms with Gasteiger partial charge in [-0.05, 0) is 91.9 Å². The predicted octanol–water partition coefficient (Wildman–Crippen LogP) is 5.46. The van der Waals surface area contributed by atoms with Gasteiger partial charge in [0, 0.05) is 5.69 Å². The van der Waals surface area contributed by atoms with Crippen molar-refractivity contribution >= 4 is 28.8 Å². The Morgan fingerprint density at radius 2 is 1.32 bits per heavy atom. The van der Waals surface area contributed by atoms with Gasteiger partial charge < -0.3 is 5.32 Å². The highest BCUT2D eigenvalue weighted by atomic mass is 19.1. The Kier molecular flexibility index (Phi) is 5.19. The fourth-order valence-electron chi connectivity index (χ4n) is 3.59. The lowest BCUT2D eigenvalue weighted by Gasteiger charge is -2.17. The third kappa shape index (κ3) is 3.75. The number of carbonyl (C=O) groups excluding carboxylic acids is 2. The van der Waals surface area contributed by atoms with Crippen LogP contribution in [0, 0.1) is 33.5 Å². The van der Waals surface area contributed by atoms with Crippen LogP contribution in [0.2, 0.25) is 0 Å². The average molecular weight is 414 g/mol. The molecule has 156 valence electrons. The molecule has 31 heavy (non-hydrogen) atoms. The van der Waals surface area contributed by atoms with Crippen LogP contribution < -0.4 is 10.2 Å². The molecule has 0 aromatic heterocycles. The lowest BCUT2D eigenvalue weighted by molar-refractivity contribution is -0.120. The molecule has 2 amide bonds. The molecule has 0 saturated heterocycles. The zero-order valence-corrected chi connectivity index (χ0v) is 17.9. The number of benzene rings is 3. The van der Waals surface area contributed by atoms with E-state index < -0.39 is 5.91 Å². The third-order valence-corrected chi connectivity index (χ3v) is 5.74. The summed E-state index contributed by atoms with van der Waals surface area (Å²) in [5.74, 6) is -1.20. The second kappa shape index (κ2) is 7.84. The molecule has 0 atom stereocenters. The predicted molar refractivity (Wildman–Crippen MR) is 121 cm³/mol. The fourth-order valence-corrected chi connectivity index (χ4v) is 3.59. The number of nitrogens with zero attached hydrogens (tertiary/aromatic N) is 1. The van der Waals surface area contributed by atoms with Crippen LogP contribution in [0.3, 0.4) is 0 Å². The van der Waals surface area contributed by atoms with Crippen LogP contribution in [-0.4, -0.2) is 11.8 Å². The van der Waals surface area contributed by atoms with Crippen LogP contribution in [0.15, 0.2) is 66.4 Å². The van der Waals surface area contributed by atoms with Crippen molar-refractivity contribution in [2.75, 3.05) is 10.2 Å². The van der Waals surface area contributed by atoms with Crippen molar-refractivity contribution in [3.05, 3.63) is 100.0 Å². The maximum Gasteiger partial charge on any atom is 0.282 e. The SMILES string of the molecule is Cc1ccc(C2=C(Nc3ccc(F)cc3)C(=O)N(c3ccc(C)c(C)c3)C2=O)cc1C. The van der Waals surface area contributed by atoms with Crippen LogP contribution in [0.1, 0.15) is 27.8 Å². The van der Waals surface area contributed by atoms with Gasteiger partial charge in [-0.1, -0.05) is 24.3 Å². The zero-order valence-electron chi connectivity index (χ0n) is 17.9. The van der Waals surface area contributed by atoms with Crippen molar-refractivity contribution in [3.63, 3.8) is 0 Å². The summed E-state index contributed by atoms with van der Waals surface area (Å²) < 4.78 is 13.3. The number of imide groups is 1. The summed E-state index contributed by atoms with van der Waals surface area (Å²) in [7, 11) is 0. The van der Waals surface area contributed by atoms with Crippen molar-refractivity contribution in [1.82, 2.24) is 0 Å². The summed E-state index contributed by atoms with van der Waals surface area (Å²) in [6, 6.07) is 16.9. The molecule has 0 fully saturated rings. The number of amides is 2. The van der Waals surface area contributed by atoms with Gasteiger partial charge in [0.05, 0.1) is 11.3 Å². The number of anilines is 2. The zero-order chi connectivity index (χ0) is 22.3. The van der Waals surface area contributed by atoms with Gasteiger partial charge in [-0.3, -0.25) is 9.59 Å². The topological polar surface area (TPSA) is 49.4 Å². The molecular weight excluding hydrogens is 391 g/mol. The van der Waals surface area contributed by atoms with Crippen LogP contribution in [0.25, 0.3) is 5.57 Å². The van der Waals surface area contributed by atoms with Crippen LogP contribution in [0.5, 0.6) is 0 Å². The second-order valence-electron chi connectivity index (χ2n) is 7.90. The molecule has 3 aromatic rings. The summed E-state index contributed by atoms with van der Waals surface area (Å²) in [4.78, 5) is 28.1. The standard InChI is InChI=1S/C26H23FN2O2/c1-15-5-7-19(13-17(15)3)23-24(28-21-10-8-20(27)9-11-21)26(31)29(25(23)30)22-12-6-16(2)18(4)14-22/h5-14,28H,1-4H3. The molecule has 1 aliphatic heterocycles. The first-order valence-corrected chi connectivity index (χ1v) is 10.1. The van der Waals surface area contributed by atoms with Crippen LogP contribution in [-0.2, 0) is 9.59 Å². The van der Waals surface area contributed by atoms with Gasteiger partial charge in [0.2, 0.25) is 0 Å². The Balaban J connectivity index is 1.84. The minimum absolute atomic E-state index is 0.179. The molecule has 3 aromatic carbocycles. The maximum absolute atomic E-state index is 13.5. The molecule has 4 nitrogen and oxygen atoms in total. The Labute approximate surface area is 181 Å². The molecule has 0 saturated carbocycles. The van der Waals surface area contributed by atoms with E-state index in [9.17, 15) is 14.0 Å². The molecule has 0 unspecified atom stereocenters. The highest BCUT2D eigenvalue weighted by Gasteiger charge is 2.40. The van der Waals surface area contributed by atoms with Crippen molar-refractivity contribution in [3.8, 4) is 0 Å². The van der Waals surface area contributed by atoms with Crippen molar-refractivity contribution in [2.24, 2.45) is 0 Å². The summed E-state index contributed by atoms with van der Waals surface area (Å²) in [6.07, 6.45) is 0. The molecule has 1 aliphatic rings. The monoisotopic (exact) mass is 414 g/mol. The Hall–Kier alpha value is -3.73. The smallest absolute Gasteiger partial charge is 0.282 e. The van der Waals surface area contributed by atoms with Crippen LogP contribution >= 0.6 is 0 Å². The number of aryl methyl sites for hydroxylation is 4. The van der Waals surface area contributed by atoms with Gasteiger partial charge in [0.25, 0.3) is 11.8 Å². The van der Waals surface area contributed by atoms with E-state index in [4.69, 9.17) is 0 Å². The molecule has 0 spiro atoms. The highest BCUT2D eigenvalue weighted by Crippen LogP contribution is 2.35. The number of halogens is 1. The van der Waals surface area contributed by atoms with Gasteiger partial charge >= 0.3 is 0 Å². The normalized spacial score (nSPS) is 13.9. The van der Waals surface area contributed by atoms with Gasteiger partial charge in [0.15, 0.2) is 0 Å². The molecule has 1 N–H and O–H groups in total. The molecule has 4 rings (SSSR count). The van der Waals surface area contributed by atoms with Crippen molar-refractivity contribution in [1.29, 1.82) is 0 Å². The summed E-state index contributed by atoms with van der Waals surface area (Å²) in [5, 5.41) is 3.06. The third-order valence-electron chi connectivity index (χ3n) is 5.74. The first-order valence-electron chi connectivity index (χ1n) is 10.1. The number of hydrogen-bond acceptors (Lipinski definition) is 3. The number of nitrogens with one attached hydrogen (secondary N) is 1. The number of rotatable bonds is 4. The average Bonchev–Trinajstić information content (AvgIpc) is 2.98. The van der Waals surface area contributed by atoms with E-state index in [0.29, 0.717) is 22.5 Å². The van der Waals surface area contributed by atoms with Crippen molar-refractivity contribution < 1.29 is 14.0 Å². The highest BCUT2D eigenvalue weighted by molar-refractivity contribution is 6.46. The maximum atomic E-state index is 13.5. The minimum atomic E-state index is -0.439. The molecule has 0 aliphatic carbocycles. The molecule has 0 bridgehead atoms. The number of hydrogen-bond donors (Lipinski definition) is 1. The van der Waals surface area contributed by atoms with E-state index in [0.717, 1.165) is 22.3 Å². The molecule has 5 heteroatoms. The van der Waals surface area contributed by atoms with E-state index in [1.807, 2.05) is 58.0 Å². The lowest BCUT2D eigenvalue weighted by Crippen LogP contribution is -2.32. The second-order valence-corrected chi connectivity index (χ2v) is 7.90. The van der Waals surface area contributed by atoms with Gasteiger partial charge in [-0.25, -0.2) is 9.29 Å². The summed E-state index contributed by atoms with van der Waals surface area (Å²) >= 11 is 0. The summed E-state index contributed by atoms with van der Waals surface area (Å²) in [6.45, 7) is 7.88. The Bertz CT molecular complexity index is 1240. The van der Waals surface area contributed by atoms with Gasteiger partial charge in [-0.15, -0.1) is 0 Å². The molecule has 0 radical (unpaired) electrons. The quantitative estimate of drug-likeness (QED) is 0.577. The van der Waals surface area contributed by atoms with Gasteiger partial charge in [0.1, 0.15) is 11.5 Å². The van der Waals surface area contributed by atoms with E-state index in [2.05, 4.69) is 5.32 Å². The molecule has 1 heterocycles. The summed E-state index contributed by atoms with van der Waals surface area (Å²) in [5.41, 5.74) is 6.39. The first kappa shape index (κ1) is 20.5. The van der Waals surface area contributed by atoms with E-state index in [-0.39, 0.29) is 17.4 Å². The largest absolute Gasteiger partial charge is 0.350 e. The van der Waals surface area contributed by atoms with E-state index >= 15 is 0 Å². The Morgan fingerprint density at radius 1 is 0.710 bits per heavy atom. The first-order chi connectivity index (χ1) is 14.8. The fraction of sp³-hybridized carbons (Fsp3) is 0.154. The van der Waals surface area contributed by atoms with Gasteiger partial charge in [-0.2, -0.15) is 0 Å².